The molecule has 94 valence electrons. The molecule has 0 heterocycles. The fraction of sp³-hybridized carbons (Fsp3) is 0.333. The lowest BCUT2D eigenvalue weighted by Crippen LogP contribution is -2.01. The van der Waals surface area contributed by atoms with Gasteiger partial charge in [0.25, 0.3) is 0 Å². The average Bonchev–Trinajstić information content (AvgIpc) is 2.36. The molecule has 0 aliphatic rings. The van der Waals surface area contributed by atoms with Crippen LogP contribution < -0.4 is 14.2 Å². The van der Waals surface area contributed by atoms with Gasteiger partial charge in [-0.1, -0.05) is 6.08 Å². The molecular formula is C12H15BrO4. The molecule has 0 spiro atoms. The van der Waals surface area contributed by atoms with Crippen molar-refractivity contribution in [2.75, 3.05) is 21.3 Å². The first kappa shape index (κ1) is 13.9. The van der Waals surface area contributed by atoms with Crippen molar-refractivity contribution in [1.82, 2.24) is 0 Å². The van der Waals surface area contributed by atoms with Crippen LogP contribution in [0.3, 0.4) is 0 Å². The summed E-state index contributed by atoms with van der Waals surface area (Å²) < 4.78 is 16.3. The van der Waals surface area contributed by atoms with Crippen LogP contribution in [-0.4, -0.2) is 26.4 Å². The number of aliphatic hydroxyl groups excluding tert-OH is 1. The molecule has 0 aliphatic heterocycles. The van der Waals surface area contributed by atoms with E-state index in [1.54, 1.807) is 6.07 Å². The minimum atomic E-state index is -0.807. The van der Waals surface area contributed by atoms with E-state index in [0.29, 0.717) is 27.3 Å². The van der Waals surface area contributed by atoms with Crippen molar-refractivity contribution in [3.63, 3.8) is 0 Å². The minimum absolute atomic E-state index is 0.474. The van der Waals surface area contributed by atoms with Gasteiger partial charge in [-0.3, -0.25) is 0 Å². The third-order valence-corrected chi connectivity index (χ3v) is 3.16. The quantitative estimate of drug-likeness (QED) is 0.850. The van der Waals surface area contributed by atoms with Gasteiger partial charge in [0.1, 0.15) is 0 Å². The van der Waals surface area contributed by atoms with Gasteiger partial charge in [-0.2, -0.15) is 0 Å². The minimum Gasteiger partial charge on any atom is -0.493 e. The lowest BCUT2D eigenvalue weighted by Gasteiger charge is -2.18. The second-order valence-electron chi connectivity index (χ2n) is 3.23. The molecule has 0 saturated carbocycles. The van der Waals surface area contributed by atoms with Gasteiger partial charge in [0.05, 0.1) is 31.9 Å². The summed E-state index contributed by atoms with van der Waals surface area (Å²) in [5.74, 6) is 1.44. The van der Waals surface area contributed by atoms with Crippen LogP contribution in [0.25, 0.3) is 0 Å². The molecule has 1 unspecified atom stereocenters. The highest BCUT2D eigenvalue weighted by molar-refractivity contribution is 9.10. The second-order valence-corrected chi connectivity index (χ2v) is 4.02. The number of aliphatic hydroxyl groups is 1. The van der Waals surface area contributed by atoms with Crippen molar-refractivity contribution >= 4 is 15.9 Å². The average molecular weight is 303 g/mol. The van der Waals surface area contributed by atoms with E-state index in [0.717, 1.165) is 0 Å². The molecule has 17 heavy (non-hydrogen) atoms. The van der Waals surface area contributed by atoms with Crippen molar-refractivity contribution in [2.24, 2.45) is 0 Å². The molecule has 0 saturated heterocycles. The second kappa shape index (κ2) is 5.93. The zero-order chi connectivity index (χ0) is 13.0. The summed E-state index contributed by atoms with van der Waals surface area (Å²) in [5, 5.41) is 9.81. The third kappa shape index (κ3) is 2.56. The zero-order valence-corrected chi connectivity index (χ0v) is 11.6. The van der Waals surface area contributed by atoms with Crippen molar-refractivity contribution in [2.45, 2.75) is 6.10 Å². The Morgan fingerprint density at radius 2 is 1.82 bits per heavy atom. The molecule has 0 amide bonds. The lowest BCUT2D eigenvalue weighted by molar-refractivity contribution is 0.226. The molecule has 0 aromatic heterocycles. The summed E-state index contributed by atoms with van der Waals surface area (Å²) in [5.41, 5.74) is 0.606. The van der Waals surface area contributed by atoms with Crippen LogP contribution in [0.5, 0.6) is 17.2 Å². The summed E-state index contributed by atoms with van der Waals surface area (Å²) in [6, 6.07) is 1.68. The Bertz CT molecular complexity index is 417. The molecule has 4 nitrogen and oxygen atoms in total. The maximum absolute atomic E-state index is 9.81. The monoisotopic (exact) mass is 302 g/mol. The maximum atomic E-state index is 9.81. The highest BCUT2D eigenvalue weighted by Crippen LogP contribution is 2.46. The fourth-order valence-electron chi connectivity index (χ4n) is 1.48. The van der Waals surface area contributed by atoms with Crippen molar-refractivity contribution in [1.29, 1.82) is 0 Å². The van der Waals surface area contributed by atoms with E-state index < -0.39 is 6.10 Å². The number of ether oxygens (including phenoxy) is 3. The first-order valence-corrected chi connectivity index (χ1v) is 5.68. The first-order valence-electron chi connectivity index (χ1n) is 4.89. The van der Waals surface area contributed by atoms with Crippen molar-refractivity contribution in [3.05, 3.63) is 28.8 Å². The Hall–Kier alpha value is -1.20. The van der Waals surface area contributed by atoms with Crippen LogP contribution in [0.15, 0.2) is 23.2 Å². The van der Waals surface area contributed by atoms with E-state index in [4.69, 9.17) is 14.2 Å². The van der Waals surface area contributed by atoms with Gasteiger partial charge in [-0.15, -0.1) is 6.58 Å². The standard InChI is InChI=1S/C12H15BrO4/c1-5-8(14)7-6-9(15-2)11(16-3)12(17-4)10(7)13/h5-6,8,14H,1H2,2-4H3. The van der Waals surface area contributed by atoms with Gasteiger partial charge in [0, 0.05) is 5.56 Å². The van der Waals surface area contributed by atoms with Gasteiger partial charge >= 0.3 is 0 Å². The first-order chi connectivity index (χ1) is 8.10. The Labute approximate surface area is 109 Å². The number of halogens is 1. The molecule has 0 radical (unpaired) electrons. The SMILES string of the molecule is C=CC(O)c1cc(OC)c(OC)c(OC)c1Br. The number of methoxy groups -OCH3 is 3. The molecule has 1 N–H and O–H groups in total. The van der Waals surface area contributed by atoms with Crippen LogP contribution in [0.2, 0.25) is 0 Å². The summed E-state index contributed by atoms with van der Waals surface area (Å²) in [6.07, 6.45) is 0.615. The van der Waals surface area contributed by atoms with Crippen LogP contribution >= 0.6 is 15.9 Å². The molecule has 1 aromatic carbocycles. The molecule has 0 aliphatic carbocycles. The van der Waals surface area contributed by atoms with Gasteiger partial charge in [0.15, 0.2) is 11.5 Å². The van der Waals surface area contributed by atoms with E-state index in [1.807, 2.05) is 0 Å². The van der Waals surface area contributed by atoms with Crippen LogP contribution in [-0.2, 0) is 0 Å². The molecule has 0 fully saturated rings. The summed E-state index contributed by atoms with van der Waals surface area (Å²) >= 11 is 3.37. The van der Waals surface area contributed by atoms with E-state index in [1.165, 1.54) is 27.4 Å². The zero-order valence-electron chi connectivity index (χ0n) is 9.99. The highest BCUT2D eigenvalue weighted by atomic mass is 79.9. The number of hydrogen-bond acceptors (Lipinski definition) is 4. The van der Waals surface area contributed by atoms with E-state index in [-0.39, 0.29) is 0 Å². The van der Waals surface area contributed by atoms with Crippen LogP contribution in [0, 0.1) is 0 Å². The molecule has 1 rings (SSSR count). The molecular weight excluding hydrogens is 288 g/mol. The normalized spacial score (nSPS) is 11.8. The Morgan fingerprint density at radius 3 is 2.24 bits per heavy atom. The highest BCUT2D eigenvalue weighted by Gasteiger charge is 2.21. The maximum Gasteiger partial charge on any atom is 0.204 e. The Balaban J connectivity index is 3.50. The summed E-state index contributed by atoms with van der Waals surface area (Å²) in [6.45, 7) is 3.55. The number of benzene rings is 1. The van der Waals surface area contributed by atoms with Crippen molar-refractivity contribution < 1.29 is 19.3 Å². The lowest BCUT2D eigenvalue weighted by atomic mass is 10.1. The summed E-state index contributed by atoms with van der Waals surface area (Å²) in [7, 11) is 4.57. The predicted octanol–water partition coefficient (Wildman–Crippen LogP) is 2.69. The fourth-order valence-corrected chi connectivity index (χ4v) is 2.17. The predicted molar refractivity (Wildman–Crippen MR) is 69.0 cm³/mol. The third-order valence-electron chi connectivity index (χ3n) is 2.34. The van der Waals surface area contributed by atoms with E-state index in [2.05, 4.69) is 22.5 Å². The van der Waals surface area contributed by atoms with E-state index in [9.17, 15) is 5.11 Å². The number of rotatable bonds is 5. The molecule has 0 bridgehead atoms. The molecule has 5 heteroatoms. The Kier molecular flexibility index (Phi) is 4.84. The van der Waals surface area contributed by atoms with Gasteiger partial charge in [0.2, 0.25) is 5.75 Å². The molecule has 1 aromatic rings. The topological polar surface area (TPSA) is 47.9 Å². The summed E-state index contributed by atoms with van der Waals surface area (Å²) in [4.78, 5) is 0. The van der Waals surface area contributed by atoms with Crippen LogP contribution in [0.1, 0.15) is 11.7 Å². The van der Waals surface area contributed by atoms with E-state index >= 15 is 0 Å². The van der Waals surface area contributed by atoms with Crippen molar-refractivity contribution in [3.8, 4) is 17.2 Å². The number of hydrogen-bond donors (Lipinski definition) is 1. The van der Waals surface area contributed by atoms with Gasteiger partial charge < -0.3 is 19.3 Å². The smallest absolute Gasteiger partial charge is 0.204 e. The van der Waals surface area contributed by atoms with Gasteiger partial charge in [-0.05, 0) is 22.0 Å². The largest absolute Gasteiger partial charge is 0.493 e. The van der Waals surface area contributed by atoms with Crippen LogP contribution in [0.4, 0.5) is 0 Å². The Morgan fingerprint density at radius 1 is 1.24 bits per heavy atom. The molecule has 1 atom stereocenters. The van der Waals surface area contributed by atoms with Gasteiger partial charge in [-0.25, -0.2) is 0 Å².